The van der Waals surface area contributed by atoms with Crippen LogP contribution in [0.4, 0.5) is 11.4 Å². The molecule has 1 atom stereocenters. The van der Waals surface area contributed by atoms with Crippen LogP contribution in [0.5, 0.6) is 5.75 Å². The number of aryl methyl sites for hydroxylation is 1. The Bertz CT molecular complexity index is 1220. The highest BCUT2D eigenvalue weighted by molar-refractivity contribution is 6.04. The lowest BCUT2D eigenvalue weighted by Crippen LogP contribution is -2.34. The first-order valence-electron chi connectivity index (χ1n) is 9.97. The highest BCUT2D eigenvalue weighted by Gasteiger charge is 2.20. The van der Waals surface area contributed by atoms with E-state index >= 15 is 0 Å². The summed E-state index contributed by atoms with van der Waals surface area (Å²) in [5, 5.41) is 17.9. The van der Waals surface area contributed by atoms with Gasteiger partial charge in [-0.15, -0.1) is 0 Å². The van der Waals surface area contributed by atoms with E-state index in [4.69, 9.17) is 9.15 Å². The lowest BCUT2D eigenvalue weighted by atomic mass is 10.1. The Morgan fingerprint density at radius 1 is 1.12 bits per heavy atom. The maximum absolute atomic E-state index is 12.4. The molecule has 33 heavy (non-hydrogen) atoms. The SMILES string of the molecule is C/C(=N/NC(=O)[C@H](C)Oc1ccccc1[N+](=O)[O-])c1cccc(NC(=O)c2ccc(C)o2)c1. The van der Waals surface area contributed by atoms with Crippen LogP contribution in [-0.2, 0) is 4.79 Å². The first-order chi connectivity index (χ1) is 15.7. The van der Waals surface area contributed by atoms with Crippen molar-refractivity contribution in [2.45, 2.75) is 26.9 Å². The van der Waals surface area contributed by atoms with Gasteiger partial charge < -0.3 is 14.5 Å². The minimum absolute atomic E-state index is 0.0129. The fourth-order valence-electron chi connectivity index (χ4n) is 2.82. The van der Waals surface area contributed by atoms with Crippen molar-refractivity contribution in [2.24, 2.45) is 5.10 Å². The first kappa shape index (κ1) is 23.2. The molecule has 0 saturated carbocycles. The van der Waals surface area contributed by atoms with Crippen LogP contribution in [0.3, 0.4) is 0 Å². The van der Waals surface area contributed by atoms with Crippen molar-refractivity contribution in [1.29, 1.82) is 0 Å². The van der Waals surface area contributed by atoms with Gasteiger partial charge in [0.1, 0.15) is 5.76 Å². The van der Waals surface area contributed by atoms with Gasteiger partial charge in [0.05, 0.1) is 10.6 Å². The number of furan rings is 1. The smallest absolute Gasteiger partial charge is 0.310 e. The van der Waals surface area contributed by atoms with Crippen molar-refractivity contribution in [3.63, 3.8) is 0 Å². The number of amides is 2. The predicted molar refractivity (Wildman–Crippen MR) is 121 cm³/mol. The number of nitrogens with one attached hydrogen (secondary N) is 2. The molecule has 2 aromatic carbocycles. The summed E-state index contributed by atoms with van der Waals surface area (Å²) in [7, 11) is 0. The largest absolute Gasteiger partial charge is 0.474 e. The number of ether oxygens (including phenoxy) is 1. The lowest BCUT2D eigenvalue weighted by Gasteiger charge is -2.13. The molecule has 10 heteroatoms. The van der Waals surface area contributed by atoms with Crippen molar-refractivity contribution >= 4 is 28.9 Å². The zero-order valence-corrected chi connectivity index (χ0v) is 18.2. The van der Waals surface area contributed by atoms with E-state index in [0.717, 1.165) is 0 Å². The van der Waals surface area contributed by atoms with Crippen molar-refractivity contribution in [1.82, 2.24) is 5.43 Å². The van der Waals surface area contributed by atoms with Crippen molar-refractivity contribution in [3.05, 3.63) is 87.9 Å². The average Bonchev–Trinajstić information content (AvgIpc) is 3.24. The van der Waals surface area contributed by atoms with Gasteiger partial charge in [0.25, 0.3) is 11.8 Å². The molecule has 3 aromatic rings. The second kappa shape index (κ2) is 10.2. The summed E-state index contributed by atoms with van der Waals surface area (Å²) in [4.78, 5) is 35.1. The third kappa shape index (κ3) is 6.03. The topological polar surface area (TPSA) is 136 Å². The van der Waals surface area contributed by atoms with Gasteiger partial charge in [0, 0.05) is 11.8 Å². The van der Waals surface area contributed by atoms with Crippen molar-refractivity contribution < 1.29 is 23.7 Å². The standard InChI is InChI=1S/C23H22N4O6/c1-14-11-12-21(32-14)23(29)24-18-8-6-7-17(13-18)15(2)25-26-22(28)16(3)33-20-10-5-4-9-19(20)27(30)31/h4-13,16H,1-3H3,(H,24,29)(H,26,28)/b25-15-/t16-/m0/s1. The molecule has 0 radical (unpaired) electrons. The molecule has 0 unspecified atom stereocenters. The summed E-state index contributed by atoms with van der Waals surface area (Å²) < 4.78 is 10.7. The van der Waals surface area contributed by atoms with Crippen LogP contribution in [0.1, 0.15) is 35.7 Å². The third-order valence-corrected chi connectivity index (χ3v) is 4.57. The fourth-order valence-corrected chi connectivity index (χ4v) is 2.82. The Kier molecular flexibility index (Phi) is 7.19. The maximum Gasteiger partial charge on any atom is 0.310 e. The average molecular weight is 450 g/mol. The van der Waals surface area contributed by atoms with Gasteiger partial charge in [-0.25, -0.2) is 5.43 Å². The van der Waals surface area contributed by atoms with Gasteiger partial charge >= 0.3 is 5.69 Å². The third-order valence-electron chi connectivity index (χ3n) is 4.57. The number of rotatable bonds is 8. The molecule has 0 fully saturated rings. The molecule has 2 N–H and O–H groups in total. The van der Waals surface area contributed by atoms with E-state index < -0.39 is 16.9 Å². The van der Waals surface area contributed by atoms with Gasteiger partial charge in [-0.3, -0.25) is 19.7 Å². The molecule has 1 aromatic heterocycles. The summed E-state index contributed by atoms with van der Waals surface area (Å²) in [6, 6.07) is 16.0. The van der Waals surface area contributed by atoms with E-state index in [1.807, 2.05) is 0 Å². The highest BCUT2D eigenvalue weighted by atomic mass is 16.6. The molecule has 0 aliphatic carbocycles. The molecule has 3 rings (SSSR count). The number of benzene rings is 2. The molecule has 170 valence electrons. The van der Waals surface area contributed by atoms with Crippen LogP contribution < -0.4 is 15.5 Å². The van der Waals surface area contributed by atoms with Crippen LogP contribution in [0.15, 0.2) is 70.2 Å². The minimum Gasteiger partial charge on any atom is -0.474 e. The molecular weight excluding hydrogens is 428 g/mol. The molecule has 2 amide bonds. The van der Waals surface area contributed by atoms with Crippen molar-refractivity contribution in [3.8, 4) is 5.75 Å². The molecule has 0 saturated heterocycles. The minimum atomic E-state index is -1.02. The molecule has 0 bridgehead atoms. The first-order valence-corrected chi connectivity index (χ1v) is 9.97. The number of carbonyl (C=O) groups excluding carboxylic acids is 2. The van der Waals surface area contributed by atoms with E-state index in [2.05, 4.69) is 15.8 Å². The Morgan fingerprint density at radius 2 is 1.88 bits per heavy atom. The van der Waals surface area contributed by atoms with Crippen LogP contribution in [0, 0.1) is 17.0 Å². The summed E-state index contributed by atoms with van der Waals surface area (Å²) in [6.07, 6.45) is -1.02. The number of carbonyl (C=O) groups is 2. The normalized spacial score (nSPS) is 12.0. The van der Waals surface area contributed by atoms with E-state index in [9.17, 15) is 19.7 Å². The van der Waals surface area contributed by atoms with E-state index in [1.54, 1.807) is 56.3 Å². The monoisotopic (exact) mass is 450 g/mol. The zero-order chi connectivity index (χ0) is 24.0. The fraction of sp³-hybridized carbons (Fsp3) is 0.174. The van der Waals surface area contributed by atoms with E-state index in [-0.39, 0.29) is 23.1 Å². The Labute approximate surface area is 189 Å². The Hall–Kier alpha value is -4.47. The number of hydrogen-bond acceptors (Lipinski definition) is 7. The molecule has 0 spiro atoms. The van der Waals surface area contributed by atoms with Gasteiger partial charge in [-0.1, -0.05) is 24.3 Å². The number of nitrogens with zero attached hydrogens (tertiary/aromatic N) is 2. The molecule has 10 nitrogen and oxygen atoms in total. The second-order valence-corrected chi connectivity index (χ2v) is 7.10. The molecule has 0 aliphatic heterocycles. The quantitative estimate of drug-likeness (QED) is 0.302. The predicted octanol–water partition coefficient (Wildman–Crippen LogP) is 4.06. The van der Waals surface area contributed by atoms with Gasteiger partial charge in [0.2, 0.25) is 0 Å². The number of anilines is 1. The zero-order valence-electron chi connectivity index (χ0n) is 18.2. The number of para-hydroxylation sites is 2. The Balaban J connectivity index is 1.63. The van der Waals surface area contributed by atoms with Gasteiger partial charge in [-0.2, -0.15) is 5.10 Å². The highest BCUT2D eigenvalue weighted by Crippen LogP contribution is 2.26. The van der Waals surface area contributed by atoms with E-state index in [0.29, 0.717) is 22.7 Å². The summed E-state index contributed by atoms with van der Waals surface area (Å²) >= 11 is 0. The lowest BCUT2D eigenvalue weighted by molar-refractivity contribution is -0.386. The van der Waals surface area contributed by atoms with Crippen LogP contribution >= 0.6 is 0 Å². The number of nitro groups is 1. The van der Waals surface area contributed by atoms with Crippen molar-refractivity contribution in [2.75, 3.05) is 5.32 Å². The Morgan fingerprint density at radius 3 is 2.58 bits per heavy atom. The summed E-state index contributed by atoms with van der Waals surface area (Å²) in [5.41, 5.74) is 3.82. The number of nitro benzene ring substituents is 1. The van der Waals surface area contributed by atoms with Crippen LogP contribution in [-0.4, -0.2) is 28.6 Å². The summed E-state index contributed by atoms with van der Waals surface area (Å²) in [6.45, 7) is 4.90. The van der Waals surface area contributed by atoms with Gasteiger partial charge in [0.15, 0.2) is 17.6 Å². The van der Waals surface area contributed by atoms with E-state index in [1.165, 1.54) is 25.1 Å². The molecule has 0 aliphatic rings. The number of hydrogen-bond donors (Lipinski definition) is 2. The number of hydrazone groups is 1. The molecule has 1 heterocycles. The summed E-state index contributed by atoms with van der Waals surface area (Å²) in [5.74, 6) is -0.147. The maximum atomic E-state index is 12.4. The second-order valence-electron chi connectivity index (χ2n) is 7.10. The van der Waals surface area contributed by atoms with Crippen LogP contribution in [0.25, 0.3) is 0 Å². The van der Waals surface area contributed by atoms with Crippen LogP contribution in [0.2, 0.25) is 0 Å². The van der Waals surface area contributed by atoms with Gasteiger partial charge in [-0.05, 0) is 56.7 Å². The molecular formula is C23H22N4O6.